The number of esters is 1. The van der Waals surface area contributed by atoms with E-state index in [1.165, 1.54) is 6.08 Å². The molecular weight excluding hydrogens is 161 g/mol. The van der Waals surface area contributed by atoms with Crippen LogP contribution < -0.4 is 5.32 Å². The zero-order valence-electron chi connectivity index (χ0n) is 6.97. The van der Waals surface area contributed by atoms with Crippen LogP contribution in [0.2, 0.25) is 0 Å². The van der Waals surface area contributed by atoms with Crippen molar-refractivity contribution in [3.05, 3.63) is 12.2 Å². The molecule has 1 aliphatic heterocycles. The summed E-state index contributed by atoms with van der Waals surface area (Å²) in [6.45, 7) is 2.59. The highest BCUT2D eigenvalue weighted by Crippen LogP contribution is 2.17. The standard InChI is InChI=1S/C8H12FNO2/c1-2-12-7(11)3-4-8(9)5-10-6-8/h3-4,10H,2,5-6H2,1H3/b4-3+. The van der Waals surface area contributed by atoms with E-state index in [4.69, 9.17) is 0 Å². The van der Waals surface area contributed by atoms with E-state index in [0.29, 0.717) is 6.61 Å². The van der Waals surface area contributed by atoms with Crippen molar-refractivity contribution < 1.29 is 13.9 Å². The molecule has 0 bridgehead atoms. The fourth-order valence-corrected chi connectivity index (χ4v) is 0.889. The van der Waals surface area contributed by atoms with Gasteiger partial charge in [0.1, 0.15) is 0 Å². The van der Waals surface area contributed by atoms with Crippen LogP contribution in [0.1, 0.15) is 6.92 Å². The first-order valence-corrected chi connectivity index (χ1v) is 3.92. The molecule has 0 atom stereocenters. The molecule has 3 nitrogen and oxygen atoms in total. The number of hydrogen-bond donors (Lipinski definition) is 1. The lowest BCUT2D eigenvalue weighted by molar-refractivity contribution is -0.137. The summed E-state index contributed by atoms with van der Waals surface area (Å²) in [6.07, 6.45) is 2.39. The molecule has 0 spiro atoms. The lowest BCUT2D eigenvalue weighted by Gasteiger charge is -2.31. The van der Waals surface area contributed by atoms with Crippen LogP contribution in [0.3, 0.4) is 0 Å². The zero-order chi connectivity index (χ0) is 9.03. The molecule has 4 heteroatoms. The van der Waals surface area contributed by atoms with Crippen molar-refractivity contribution in [1.29, 1.82) is 0 Å². The van der Waals surface area contributed by atoms with Gasteiger partial charge in [0.2, 0.25) is 0 Å². The molecule has 0 aromatic carbocycles. The maximum Gasteiger partial charge on any atom is 0.330 e. The minimum atomic E-state index is -1.34. The van der Waals surface area contributed by atoms with Gasteiger partial charge in [-0.25, -0.2) is 9.18 Å². The van der Waals surface area contributed by atoms with E-state index in [-0.39, 0.29) is 13.1 Å². The van der Waals surface area contributed by atoms with Crippen molar-refractivity contribution in [2.24, 2.45) is 0 Å². The van der Waals surface area contributed by atoms with E-state index < -0.39 is 11.6 Å². The van der Waals surface area contributed by atoms with E-state index in [0.717, 1.165) is 6.08 Å². The Balaban J connectivity index is 2.33. The summed E-state index contributed by atoms with van der Waals surface area (Å²) < 4.78 is 17.7. The fraction of sp³-hybridized carbons (Fsp3) is 0.625. The lowest BCUT2D eigenvalue weighted by atomic mass is 9.99. The van der Waals surface area contributed by atoms with Crippen molar-refractivity contribution in [2.45, 2.75) is 12.6 Å². The summed E-state index contributed by atoms with van der Waals surface area (Å²) in [6, 6.07) is 0. The first kappa shape index (κ1) is 9.19. The van der Waals surface area contributed by atoms with Gasteiger partial charge < -0.3 is 10.1 Å². The van der Waals surface area contributed by atoms with Crippen molar-refractivity contribution >= 4 is 5.97 Å². The van der Waals surface area contributed by atoms with Crippen LogP contribution in [-0.2, 0) is 9.53 Å². The number of carbonyl (C=O) groups excluding carboxylic acids is 1. The Morgan fingerprint density at radius 1 is 1.75 bits per heavy atom. The van der Waals surface area contributed by atoms with Crippen LogP contribution >= 0.6 is 0 Å². The molecule has 0 saturated carbocycles. The summed E-state index contributed by atoms with van der Waals surface area (Å²) in [5.41, 5.74) is -1.34. The van der Waals surface area contributed by atoms with Gasteiger partial charge in [-0.3, -0.25) is 0 Å². The Hall–Kier alpha value is -0.900. The molecule has 0 aromatic heterocycles. The molecule has 1 fully saturated rings. The normalized spacial score (nSPS) is 20.5. The lowest BCUT2D eigenvalue weighted by Crippen LogP contribution is -2.54. The number of ether oxygens (including phenoxy) is 1. The number of hydrogen-bond acceptors (Lipinski definition) is 3. The Morgan fingerprint density at radius 3 is 2.83 bits per heavy atom. The molecule has 1 aliphatic rings. The smallest absolute Gasteiger partial charge is 0.330 e. The minimum absolute atomic E-state index is 0.281. The van der Waals surface area contributed by atoms with Gasteiger partial charge in [-0.2, -0.15) is 0 Å². The molecule has 1 N–H and O–H groups in total. The van der Waals surface area contributed by atoms with Crippen molar-refractivity contribution in [2.75, 3.05) is 19.7 Å². The third kappa shape index (κ3) is 2.30. The average Bonchev–Trinajstić information content (AvgIpc) is 1.98. The highest BCUT2D eigenvalue weighted by Gasteiger charge is 2.33. The third-order valence-corrected chi connectivity index (χ3v) is 1.64. The van der Waals surface area contributed by atoms with Crippen molar-refractivity contribution in [3.8, 4) is 0 Å². The summed E-state index contributed by atoms with van der Waals surface area (Å²) in [7, 11) is 0. The van der Waals surface area contributed by atoms with Gasteiger partial charge in [-0.1, -0.05) is 0 Å². The first-order chi connectivity index (χ1) is 5.66. The largest absolute Gasteiger partial charge is 0.463 e. The van der Waals surface area contributed by atoms with Crippen LogP contribution in [-0.4, -0.2) is 31.3 Å². The molecule has 12 heavy (non-hydrogen) atoms. The van der Waals surface area contributed by atoms with E-state index in [9.17, 15) is 9.18 Å². The summed E-state index contributed by atoms with van der Waals surface area (Å²) >= 11 is 0. The number of nitrogens with one attached hydrogen (secondary N) is 1. The molecular formula is C8H12FNO2. The molecule has 68 valence electrons. The SMILES string of the molecule is CCOC(=O)/C=C/C1(F)CNC1. The third-order valence-electron chi connectivity index (χ3n) is 1.64. The Labute approximate surface area is 70.6 Å². The van der Waals surface area contributed by atoms with E-state index in [1.807, 2.05) is 0 Å². The molecule has 1 rings (SSSR count). The first-order valence-electron chi connectivity index (χ1n) is 3.92. The second-order valence-electron chi connectivity index (χ2n) is 2.72. The van der Waals surface area contributed by atoms with Gasteiger partial charge in [0.25, 0.3) is 0 Å². The van der Waals surface area contributed by atoms with Gasteiger partial charge >= 0.3 is 5.97 Å². The summed E-state index contributed by atoms with van der Waals surface area (Å²) in [5, 5.41) is 2.78. The molecule has 0 amide bonds. The average molecular weight is 173 g/mol. The second-order valence-corrected chi connectivity index (χ2v) is 2.72. The molecule has 1 saturated heterocycles. The van der Waals surface area contributed by atoms with E-state index in [2.05, 4.69) is 10.1 Å². The summed E-state index contributed by atoms with van der Waals surface area (Å²) in [5.74, 6) is -0.485. The minimum Gasteiger partial charge on any atom is -0.463 e. The fourth-order valence-electron chi connectivity index (χ4n) is 0.889. The van der Waals surface area contributed by atoms with Gasteiger partial charge in [0.15, 0.2) is 5.67 Å². The van der Waals surface area contributed by atoms with Crippen LogP contribution in [0.4, 0.5) is 4.39 Å². The Bertz CT molecular complexity index is 199. The van der Waals surface area contributed by atoms with Gasteiger partial charge in [0, 0.05) is 19.2 Å². The summed E-state index contributed by atoms with van der Waals surface area (Å²) in [4.78, 5) is 10.7. The van der Waals surface area contributed by atoms with E-state index in [1.54, 1.807) is 6.92 Å². The second kappa shape index (κ2) is 3.67. The molecule has 0 radical (unpaired) electrons. The highest BCUT2D eigenvalue weighted by atomic mass is 19.1. The molecule has 0 aromatic rings. The van der Waals surface area contributed by atoms with Gasteiger partial charge in [0.05, 0.1) is 6.61 Å². The van der Waals surface area contributed by atoms with Crippen LogP contribution in [0.5, 0.6) is 0 Å². The van der Waals surface area contributed by atoms with Crippen LogP contribution in [0, 0.1) is 0 Å². The van der Waals surface area contributed by atoms with Gasteiger partial charge in [-0.15, -0.1) is 0 Å². The zero-order valence-corrected chi connectivity index (χ0v) is 6.97. The van der Waals surface area contributed by atoms with Crippen LogP contribution in [0.25, 0.3) is 0 Å². The monoisotopic (exact) mass is 173 g/mol. The van der Waals surface area contributed by atoms with Gasteiger partial charge in [-0.05, 0) is 13.0 Å². The Kier molecular flexibility index (Phi) is 2.81. The Morgan fingerprint density at radius 2 is 2.42 bits per heavy atom. The highest BCUT2D eigenvalue weighted by molar-refractivity contribution is 5.82. The van der Waals surface area contributed by atoms with Crippen LogP contribution in [0.15, 0.2) is 12.2 Å². The van der Waals surface area contributed by atoms with E-state index >= 15 is 0 Å². The maximum atomic E-state index is 13.1. The predicted molar refractivity (Wildman–Crippen MR) is 42.5 cm³/mol. The quantitative estimate of drug-likeness (QED) is 0.496. The van der Waals surface area contributed by atoms with Crippen molar-refractivity contribution in [1.82, 2.24) is 5.32 Å². The van der Waals surface area contributed by atoms with Crippen molar-refractivity contribution in [3.63, 3.8) is 0 Å². The molecule has 0 aliphatic carbocycles. The topological polar surface area (TPSA) is 38.3 Å². The molecule has 0 unspecified atom stereocenters. The number of carbonyl (C=O) groups is 1. The number of alkyl halides is 1. The number of halogens is 1. The maximum absolute atomic E-state index is 13.1. The predicted octanol–water partition coefficient (Wildman–Crippen LogP) is 0.417. The molecule has 1 heterocycles. The number of rotatable bonds is 3.